The summed E-state index contributed by atoms with van der Waals surface area (Å²) in [6.45, 7) is 1.42. The van der Waals surface area contributed by atoms with Gasteiger partial charge in [0.25, 0.3) is 0 Å². The molecule has 8 nitrogen and oxygen atoms in total. The number of hydrogen-bond acceptors (Lipinski definition) is 5. The molecule has 10 heteroatoms. The number of hydrogen-bond donors (Lipinski definition) is 1. The van der Waals surface area contributed by atoms with Crippen molar-refractivity contribution < 1.29 is 22.7 Å². The number of aromatic nitrogens is 1. The number of halogens is 1. The van der Waals surface area contributed by atoms with Gasteiger partial charge in [-0.2, -0.15) is 4.31 Å². The zero-order valence-corrected chi connectivity index (χ0v) is 16.9. The zero-order valence-electron chi connectivity index (χ0n) is 15.3. The summed E-state index contributed by atoms with van der Waals surface area (Å²) in [4.78, 5) is 23.7. The Labute approximate surface area is 162 Å². The van der Waals surface area contributed by atoms with Gasteiger partial charge in [-0.25, -0.2) is 13.2 Å². The average Bonchev–Trinajstić information content (AvgIpc) is 3.00. The lowest BCUT2D eigenvalue weighted by Crippen LogP contribution is -2.34. The van der Waals surface area contributed by atoms with E-state index in [9.17, 15) is 18.0 Å². The molecule has 0 spiro atoms. The molecule has 1 N–H and O–H groups in total. The van der Waals surface area contributed by atoms with Gasteiger partial charge in [-0.1, -0.05) is 17.7 Å². The number of sulfonamides is 1. The summed E-state index contributed by atoms with van der Waals surface area (Å²) < 4.78 is 32.2. The number of anilines is 1. The van der Waals surface area contributed by atoms with Gasteiger partial charge in [-0.15, -0.1) is 0 Å². The second kappa shape index (κ2) is 8.12. The highest BCUT2D eigenvalue weighted by Crippen LogP contribution is 2.21. The number of amides is 1. The van der Waals surface area contributed by atoms with Gasteiger partial charge in [0, 0.05) is 31.0 Å². The summed E-state index contributed by atoms with van der Waals surface area (Å²) in [6, 6.07) is 6.21. The molecule has 0 saturated carbocycles. The first-order chi connectivity index (χ1) is 12.6. The van der Waals surface area contributed by atoms with Crippen LogP contribution in [0.3, 0.4) is 0 Å². The third-order valence-corrected chi connectivity index (χ3v) is 6.08. The topological polar surface area (TPSA) is 97.7 Å². The minimum atomic E-state index is -3.97. The van der Waals surface area contributed by atoms with Crippen LogP contribution in [0.2, 0.25) is 5.02 Å². The summed E-state index contributed by atoms with van der Waals surface area (Å²) in [6.07, 6.45) is 1.29. The molecule has 1 aromatic heterocycles. The van der Waals surface area contributed by atoms with E-state index in [4.69, 9.17) is 11.6 Å². The fraction of sp³-hybridized carbons (Fsp3) is 0.294. The van der Waals surface area contributed by atoms with Crippen molar-refractivity contribution in [2.24, 2.45) is 7.05 Å². The summed E-state index contributed by atoms with van der Waals surface area (Å²) in [5.41, 5.74) is 1.41. The molecule has 1 heterocycles. The molecule has 0 radical (unpaired) electrons. The predicted octanol–water partition coefficient (Wildman–Crippen LogP) is 2.03. The average molecular weight is 414 g/mol. The molecule has 0 aliphatic heterocycles. The molecule has 0 aliphatic carbocycles. The Balaban J connectivity index is 2.13. The number of likely N-dealkylation sites (N-methyl/N-ethyl adjacent to an activating group) is 1. The van der Waals surface area contributed by atoms with E-state index >= 15 is 0 Å². The number of nitrogens with one attached hydrogen (secondary N) is 1. The minimum absolute atomic E-state index is 0.0863. The van der Waals surface area contributed by atoms with Crippen LogP contribution in [0.4, 0.5) is 5.69 Å². The Morgan fingerprint density at radius 3 is 2.56 bits per heavy atom. The van der Waals surface area contributed by atoms with Gasteiger partial charge < -0.3 is 14.6 Å². The summed E-state index contributed by atoms with van der Waals surface area (Å²) in [5.74, 6) is -1.18. The molecular formula is C17H20ClN3O5S. The number of nitrogens with zero attached hydrogens (tertiary/aromatic N) is 2. The van der Waals surface area contributed by atoms with Gasteiger partial charge in [0.15, 0.2) is 0 Å². The lowest BCUT2D eigenvalue weighted by Gasteiger charge is -2.16. The van der Waals surface area contributed by atoms with Crippen molar-refractivity contribution in [2.45, 2.75) is 11.8 Å². The Kier molecular flexibility index (Phi) is 6.30. The van der Waals surface area contributed by atoms with E-state index in [0.29, 0.717) is 10.7 Å². The summed E-state index contributed by atoms with van der Waals surface area (Å²) in [5, 5.41) is 3.09. The van der Waals surface area contributed by atoms with Crippen LogP contribution in [0.5, 0.6) is 0 Å². The van der Waals surface area contributed by atoms with Crippen LogP contribution in [-0.4, -0.2) is 49.9 Å². The fourth-order valence-electron chi connectivity index (χ4n) is 2.32. The highest BCUT2D eigenvalue weighted by Gasteiger charge is 2.26. The van der Waals surface area contributed by atoms with E-state index in [1.807, 2.05) is 6.92 Å². The standard InChI is InChI=1S/C17H20ClN3O5S/c1-11-5-6-12(7-14(11)18)19-16(22)10-21(3)27(24,25)13-8-15(17(23)26-4)20(2)9-13/h5-9H,10H2,1-4H3,(H,19,22). The molecule has 1 amide bonds. The fourth-order valence-corrected chi connectivity index (χ4v) is 3.70. The molecule has 0 atom stereocenters. The number of benzene rings is 1. The molecule has 1 aromatic carbocycles. The Hall–Kier alpha value is -2.36. The van der Waals surface area contributed by atoms with Crippen LogP contribution in [0.1, 0.15) is 16.1 Å². The molecule has 0 saturated heterocycles. The number of methoxy groups -OCH3 is 1. The van der Waals surface area contributed by atoms with Crippen LogP contribution >= 0.6 is 11.6 Å². The van der Waals surface area contributed by atoms with Crippen LogP contribution in [0.25, 0.3) is 0 Å². The van der Waals surface area contributed by atoms with Gasteiger partial charge in [0.2, 0.25) is 15.9 Å². The van der Waals surface area contributed by atoms with E-state index in [2.05, 4.69) is 10.1 Å². The first kappa shape index (κ1) is 20.9. The zero-order chi connectivity index (χ0) is 20.4. The van der Waals surface area contributed by atoms with Crippen molar-refractivity contribution in [3.8, 4) is 0 Å². The number of aryl methyl sites for hydroxylation is 2. The lowest BCUT2D eigenvalue weighted by atomic mass is 10.2. The maximum absolute atomic E-state index is 12.7. The van der Waals surface area contributed by atoms with Gasteiger partial charge in [0.1, 0.15) is 10.6 Å². The number of ether oxygens (including phenoxy) is 1. The SMILES string of the molecule is COC(=O)c1cc(S(=O)(=O)N(C)CC(=O)Nc2ccc(C)c(Cl)c2)cn1C. The van der Waals surface area contributed by atoms with Crippen LogP contribution in [-0.2, 0) is 26.6 Å². The monoisotopic (exact) mass is 413 g/mol. The van der Waals surface area contributed by atoms with Crippen molar-refractivity contribution in [2.75, 3.05) is 26.0 Å². The van der Waals surface area contributed by atoms with Crippen molar-refractivity contribution in [3.63, 3.8) is 0 Å². The third kappa shape index (κ3) is 4.68. The molecule has 0 fully saturated rings. The molecule has 146 valence electrons. The van der Waals surface area contributed by atoms with Crippen molar-refractivity contribution >= 4 is 39.2 Å². The largest absolute Gasteiger partial charge is 0.464 e. The van der Waals surface area contributed by atoms with E-state index in [1.165, 1.54) is 38.0 Å². The molecule has 0 unspecified atom stereocenters. The summed E-state index contributed by atoms with van der Waals surface area (Å²) in [7, 11) is 0.0454. The highest BCUT2D eigenvalue weighted by atomic mass is 35.5. The Morgan fingerprint density at radius 2 is 1.96 bits per heavy atom. The molecule has 0 aliphatic rings. The highest BCUT2D eigenvalue weighted by molar-refractivity contribution is 7.89. The number of carbonyl (C=O) groups is 2. The number of rotatable bonds is 6. The van der Waals surface area contributed by atoms with Gasteiger partial charge >= 0.3 is 5.97 Å². The molecule has 2 rings (SSSR count). The molecular weight excluding hydrogens is 394 g/mol. The first-order valence-electron chi connectivity index (χ1n) is 7.83. The Morgan fingerprint density at radius 1 is 1.30 bits per heavy atom. The smallest absolute Gasteiger partial charge is 0.354 e. The third-order valence-electron chi connectivity index (χ3n) is 3.90. The predicted molar refractivity (Wildman–Crippen MR) is 101 cm³/mol. The van der Waals surface area contributed by atoms with Crippen molar-refractivity contribution in [1.29, 1.82) is 0 Å². The first-order valence-corrected chi connectivity index (χ1v) is 9.65. The molecule has 27 heavy (non-hydrogen) atoms. The van der Waals surface area contributed by atoms with Crippen molar-refractivity contribution in [3.05, 3.63) is 46.7 Å². The minimum Gasteiger partial charge on any atom is -0.464 e. The number of carbonyl (C=O) groups excluding carboxylic acids is 2. The summed E-state index contributed by atoms with van der Waals surface area (Å²) >= 11 is 6.01. The van der Waals surface area contributed by atoms with Gasteiger partial charge in [0.05, 0.1) is 13.7 Å². The maximum Gasteiger partial charge on any atom is 0.354 e. The second-order valence-corrected chi connectivity index (χ2v) is 8.39. The molecule has 2 aromatic rings. The lowest BCUT2D eigenvalue weighted by molar-refractivity contribution is -0.116. The van der Waals surface area contributed by atoms with Gasteiger partial charge in [-0.3, -0.25) is 4.79 Å². The van der Waals surface area contributed by atoms with E-state index in [-0.39, 0.29) is 10.6 Å². The number of esters is 1. The maximum atomic E-state index is 12.7. The van der Waals surface area contributed by atoms with Crippen molar-refractivity contribution in [1.82, 2.24) is 8.87 Å². The van der Waals surface area contributed by atoms with Crippen LogP contribution in [0.15, 0.2) is 35.4 Å². The normalized spacial score (nSPS) is 11.5. The van der Waals surface area contributed by atoms with E-state index in [1.54, 1.807) is 18.2 Å². The van der Waals surface area contributed by atoms with E-state index in [0.717, 1.165) is 9.87 Å². The van der Waals surface area contributed by atoms with Gasteiger partial charge in [-0.05, 0) is 30.7 Å². The molecule has 0 bridgehead atoms. The Bertz CT molecular complexity index is 984. The van der Waals surface area contributed by atoms with Crippen LogP contribution in [0, 0.1) is 6.92 Å². The quantitative estimate of drug-likeness (QED) is 0.731. The van der Waals surface area contributed by atoms with E-state index < -0.39 is 28.4 Å². The second-order valence-electron chi connectivity index (χ2n) is 5.94. The van der Waals surface area contributed by atoms with Crippen LogP contribution < -0.4 is 5.32 Å².